The third-order valence-corrected chi connectivity index (χ3v) is 5.03. The van der Waals surface area contributed by atoms with Gasteiger partial charge in [0.05, 0.1) is 6.10 Å². The van der Waals surface area contributed by atoms with Crippen LogP contribution in [0.25, 0.3) is 0 Å². The minimum Gasteiger partial charge on any atom is -0.393 e. The molecule has 0 radical (unpaired) electrons. The molecule has 0 heterocycles. The number of aliphatic hydroxyl groups is 1. The lowest BCUT2D eigenvalue weighted by Gasteiger charge is -2.45. The number of hydrogen-bond donors (Lipinski definition) is 1. The second-order valence-electron chi connectivity index (χ2n) is 6.60. The molecular weight excluding hydrogens is 196 g/mol. The summed E-state index contributed by atoms with van der Waals surface area (Å²) >= 11 is 0. The first-order valence-electron chi connectivity index (χ1n) is 7.07. The molecule has 1 aliphatic carbocycles. The van der Waals surface area contributed by atoms with Crippen molar-refractivity contribution in [2.75, 3.05) is 0 Å². The van der Waals surface area contributed by atoms with Gasteiger partial charge in [0.1, 0.15) is 0 Å². The molecule has 16 heavy (non-hydrogen) atoms. The maximum Gasteiger partial charge on any atom is 0.0576 e. The summed E-state index contributed by atoms with van der Waals surface area (Å²) in [6.45, 7) is 11.6. The van der Waals surface area contributed by atoms with Gasteiger partial charge in [0.2, 0.25) is 0 Å². The maximum atomic E-state index is 10.3. The minimum absolute atomic E-state index is 0.0712. The fraction of sp³-hybridized carbons (Fsp3) is 1.00. The zero-order valence-corrected chi connectivity index (χ0v) is 11.8. The van der Waals surface area contributed by atoms with Gasteiger partial charge in [-0.25, -0.2) is 0 Å². The summed E-state index contributed by atoms with van der Waals surface area (Å²) in [6.07, 6.45) is 5.98. The number of rotatable bonds is 4. The average Bonchev–Trinajstić information content (AvgIpc) is 2.17. The van der Waals surface area contributed by atoms with Gasteiger partial charge in [0.15, 0.2) is 0 Å². The van der Waals surface area contributed by atoms with E-state index in [0.29, 0.717) is 17.8 Å². The molecule has 1 aliphatic rings. The Bertz CT molecular complexity index is 209. The van der Waals surface area contributed by atoms with Crippen LogP contribution in [0.15, 0.2) is 0 Å². The van der Waals surface area contributed by atoms with Crippen LogP contribution in [0.3, 0.4) is 0 Å². The highest BCUT2D eigenvalue weighted by Crippen LogP contribution is 2.45. The molecule has 1 heteroatoms. The molecule has 0 saturated heterocycles. The Morgan fingerprint density at radius 1 is 1.31 bits per heavy atom. The lowest BCUT2D eigenvalue weighted by molar-refractivity contribution is -0.0364. The largest absolute Gasteiger partial charge is 0.393 e. The van der Waals surface area contributed by atoms with Gasteiger partial charge >= 0.3 is 0 Å². The van der Waals surface area contributed by atoms with Crippen LogP contribution in [0.1, 0.15) is 66.7 Å². The van der Waals surface area contributed by atoms with Crippen molar-refractivity contribution in [1.29, 1.82) is 0 Å². The van der Waals surface area contributed by atoms with Gasteiger partial charge in [0.25, 0.3) is 0 Å². The Labute approximate surface area is 102 Å². The molecule has 0 aliphatic heterocycles. The molecule has 96 valence electrons. The summed E-state index contributed by atoms with van der Waals surface area (Å²) in [7, 11) is 0. The monoisotopic (exact) mass is 226 g/mol. The van der Waals surface area contributed by atoms with Crippen LogP contribution in [0.2, 0.25) is 0 Å². The Morgan fingerprint density at radius 3 is 2.44 bits per heavy atom. The summed E-state index contributed by atoms with van der Waals surface area (Å²) in [5.74, 6) is 1.93. The van der Waals surface area contributed by atoms with E-state index in [0.717, 1.165) is 6.42 Å². The van der Waals surface area contributed by atoms with Gasteiger partial charge in [-0.05, 0) is 36.0 Å². The van der Waals surface area contributed by atoms with Gasteiger partial charge in [-0.2, -0.15) is 0 Å². The summed E-state index contributed by atoms with van der Waals surface area (Å²) in [4.78, 5) is 0. The predicted octanol–water partition coefficient (Wildman–Crippen LogP) is 4.25. The third-order valence-electron chi connectivity index (χ3n) is 5.03. The zero-order chi connectivity index (χ0) is 12.3. The second-order valence-corrected chi connectivity index (χ2v) is 6.60. The standard InChI is InChI=1S/C15H30O/c1-6-7-12(3)15(4,5)13-9-8-11(2)10-14(13)16/h11-14,16H,6-10H2,1-5H3. The van der Waals surface area contributed by atoms with Crippen LogP contribution in [-0.4, -0.2) is 11.2 Å². The summed E-state index contributed by atoms with van der Waals surface area (Å²) < 4.78 is 0. The van der Waals surface area contributed by atoms with Crippen LogP contribution in [-0.2, 0) is 0 Å². The van der Waals surface area contributed by atoms with Crippen LogP contribution in [0.5, 0.6) is 0 Å². The minimum atomic E-state index is -0.0712. The van der Waals surface area contributed by atoms with Crippen molar-refractivity contribution in [3.63, 3.8) is 0 Å². The van der Waals surface area contributed by atoms with Gasteiger partial charge in [-0.3, -0.25) is 0 Å². The molecule has 0 spiro atoms. The van der Waals surface area contributed by atoms with Crippen molar-refractivity contribution in [1.82, 2.24) is 0 Å². The number of hydrogen-bond acceptors (Lipinski definition) is 1. The van der Waals surface area contributed by atoms with E-state index in [9.17, 15) is 5.11 Å². The molecule has 0 amide bonds. The molecule has 0 bridgehead atoms. The maximum absolute atomic E-state index is 10.3. The Kier molecular flexibility index (Phi) is 4.85. The van der Waals surface area contributed by atoms with Crippen molar-refractivity contribution in [3.05, 3.63) is 0 Å². The van der Waals surface area contributed by atoms with Crippen molar-refractivity contribution in [3.8, 4) is 0 Å². The first kappa shape index (κ1) is 14.0. The van der Waals surface area contributed by atoms with Crippen molar-refractivity contribution in [2.24, 2.45) is 23.2 Å². The molecule has 1 N–H and O–H groups in total. The normalized spacial score (nSPS) is 33.8. The molecular formula is C15H30O. The fourth-order valence-electron chi connectivity index (χ4n) is 3.39. The quantitative estimate of drug-likeness (QED) is 0.760. The van der Waals surface area contributed by atoms with Crippen LogP contribution >= 0.6 is 0 Å². The first-order chi connectivity index (χ1) is 7.39. The van der Waals surface area contributed by atoms with E-state index in [1.807, 2.05) is 0 Å². The van der Waals surface area contributed by atoms with E-state index >= 15 is 0 Å². The third kappa shape index (κ3) is 3.00. The Morgan fingerprint density at radius 2 is 1.94 bits per heavy atom. The summed E-state index contributed by atoms with van der Waals surface area (Å²) in [6, 6.07) is 0. The van der Waals surface area contributed by atoms with E-state index < -0.39 is 0 Å². The average molecular weight is 226 g/mol. The molecule has 1 saturated carbocycles. The van der Waals surface area contributed by atoms with Crippen molar-refractivity contribution >= 4 is 0 Å². The highest BCUT2D eigenvalue weighted by atomic mass is 16.3. The van der Waals surface area contributed by atoms with Gasteiger partial charge in [0, 0.05) is 0 Å². The highest BCUT2D eigenvalue weighted by molar-refractivity contribution is 4.90. The summed E-state index contributed by atoms with van der Waals surface area (Å²) in [5, 5.41) is 10.3. The van der Waals surface area contributed by atoms with E-state index in [2.05, 4.69) is 34.6 Å². The lowest BCUT2D eigenvalue weighted by atomic mass is 9.62. The van der Waals surface area contributed by atoms with Crippen LogP contribution in [0.4, 0.5) is 0 Å². The van der Waals surface area contributed by atoms with Gasteiger partial charge in [-0.15, -0.1) is 0 Å². The molecule has 1 nitrogen and oxygen atoms in total. The van der Waals surface area contributed by atoms with E-state index in [1.165, 1.54) is 25.7 Å². The molecule has 4 unspecified atom stereocenters. The van der Waals surface area contributed by atoms with Crippen molar-refractivity contribution < 1.29 is 5.11 Å². The molecule has 0 aromatic carbocycles. The van der Waals surface area contributed by atoms with E-state index in [4.69, 9.17) is 0 Å². The fourth-order valence-corrected chi connectivity index (χ4v) is 3.39. The smallest absolute Gasteiger partial charge is 0.0576 e. The highest BCUT2D eigenvalue weighted by Gasteiger charge is 2.40. The van der Waals surface area contributed by atoms with Crippen LogP contribution in [0, 0.1) is 23.2 Å². The SMILES string of the molecule is CCCC(C)C(C)(C)C1CCC(C)CC1O. The molecule has 0 aromatic heterocycles. The summed E-state index contributed by atoms with van der Waals surface area (Å²) in [5.41, 5.74) is 0.287. The Balaban J connectivity index is 2.67. The Hall–Kier alpha value is -0.0400. The number of aliphatic hydroxyl groups excluding tert-OH is 1. The van der Waals surface area contributed by atoms with Crippen LogP contribution < -0.4 is 0 Å². The van der Waals surface area contributed by atoms with Crippen molar-refractivity contribution in [2.45, 2.75) is 72.8 Å². The second kappa shape index (κ2) is 5.53. The predicted molar refractivity (Wildman–Crippen MR) is 70.4 cm³/mol. The van der Waals surface area contributed by atoms with Gasteiger partial charge in [-0.1, -0.05) is 53.9 Å². The topological polar surface area (TPSA) is 20.2 Å². The van der Waals surface area contributed by atoms with E-state index in [-0.39, 0.29) is 11.5 Å². The van der Waals surface area contributed by atoms with Gasteiger partial charge < -0.3 is 5.11 Å². The molecule has 0 aromatic rings. The molecule has 1 fully saturated rings. The first-order valence-corrected chi connectivity index (χ1v) is 7.07. The molecule has 4 atom stereocenters. The van der Waals surface area contributed by atoms with E-state index in [1.54, 1.807) is 0 Å². The molecule has 1 rings (SSSR count). The zero-order valence-electron chi connectivity index (χ0n) is 11.8. The lowest BCUT2D eigenvalue weighted by Crippen LogP contribution is -2.42.